The minimum absolute atomic E-state index is 0.115. The van der Waals surface area contributed by atoms with Gasteiger partial charge in [-0.25, -0.2) is 0 Å². The Kier molecular flexibility index (Phi) is 7.43. The van der Waals surface area contributed by atoms with Crippen LogP contribution in [0.1, 0.15) is 11.5 Å². The number of rotatable bonds is 7. The SMILES string of the molecule is O=CC(C(c1ccc(O)cc1)C1SC(=S)NC1=O)=P(c1ccccc1)(c1ccccc1)c1ccccc1. The zero-order valence-corrected chi connectivity index (χ0v) is 22.3. The first-order valence-electron chi connectivity index (χ1n) is 11.7. The molecule has 4 nitrogen and oxygen atoms in total. The molecule has 1 fully saturated rings. The summed E-state index contributed by atoms with van der Waals surface area (Å²) in [5, 5.41) is 15.8. The molecule has 4 aromatic rings. The first kappa shape index (κ1) is 25.2. The zero-order chi connectivity index (χ0) is 25.8. The number of thioether (sulfide) groups is 1. The van der Waals surface area contributed by atoms with Crippen molar-refractivity contribution in [1.82, 2.24) is 5.32 Å². The molecule has 0 spiro atoms. The molecule has 37 heavy (non-hydrogen) atoms. The number of phenols is 1. The third-order valence-electron chi connectivity index (χ3n) is 6.53. The van der Waals surface area contributed by atoms with E-state index in [1.807, 2.05) is 54.6 Å². The third-order valence-corrected chi connectivity index (χ3v) is 12.4. The predicted molar refractivity (Wildman–Crippen MR) is 159 cm³/mol. The van der Waals surface area contributed by atoms with Gasteiger partial charge in [0.1, 0.15) is 21.6 Å². The molecular weight excluding hydrogens is 517 g/mol. The number of aldehydes is 1. The topological polar surface area (TPSA) is 66.4 Å². The number of aromatic hydroxyl groups is 1. The first-order chi connectivity index (χ1) is 18.1. The highest BCUT2D eigenvalue weighted by Gasteiger charge is 2.43. The Morgan fingerprint density at radius 1 is 0.811 bits per heavy atom. The van der Waals surface area contributed by atoms with Gasteiger partial charge in [-0.3, -0.25) is 9.59 Å². The van der Waals surface area contributed by atoms with Gasteiger partial charge in [0.2, 0.25) is 5.91 Å². The predicted octanol–water partition coefficient (Wildman–Crippen LogP) is 4.36. The fourth-order valence-corrected chi connectivity index (χ4v) is 11.0. The number of hydrogen-bond donors (Lipinski definition) is 2. The van der Waals surface area contributed by atoms with Crippen molar-refractivity contribution in [1.29, 1.82) is 0 Å². The van der Waals surface area contributed by atoms with Crippen LogP contribution in [0.25, 0.3) is 0 Å². The number of nitrogens with one attached hydrogen (secondary N) is 1. The lowest BCUT2D eigenvalue weighted by atomic mass is 9.92. The summed E-state index contributed by atoms with van der Waals surface area (Å²) in [4.78, 5) is 26.7. The number of benzene rings is 4. The molecule has 0 radical (unpaired) electrons. The zero-order valence-electron chi connectivity index (χ0n) is 19.7. The van der Waals surface area contributed by atoms with Crippen molar-refractivity contribution < 1.29 is 14.7 Å². The maximum absolute atomic E-state index is 13.5. The standard InChI is InChI=1S/C30H24NO3PS2/c32-20-26(27(21-16-18-22(33)19-17-21)28-29(34)31-30(36)37-28)35(23-10-4-1-5-11-23,24-12-6-2-7-13-24)25-14-8-3-9-15-25/h1-20,27-28,33H,(H,31,34,36). The van der Waals surface area contributed by atoms with Crippen molar-refractivity contribution in [3.63, 3.8) is 0 Å². The van der Waals surface area contributed by atoms with Crippen molar-refractivity contribution in [2.75, 3.05) is 0 Å². The van der Waals surface area contributed by atoms with E-state index in [0.717, 1.165) is 27.8 Å². The van der Waals surface area contributed by atoms with Crippen LogP contribution in [0.15, 0.2) is 115 Å². The van der Waals surface area contributed by atoms with Crippen molar-refractivity contribution in [2.24, 2.45) is 0 Å². The number of carbonyl (C=O) groups is 2. The van der Waals surface area contributed by atoms with E-state index in [1.54, 1.807) is 24.3 Å². The fourth-order valence-electron chi connectivity index (χ4n) is 4.98. The maximum atomic E-state index is 13.5. The first-order valence-corrected chi connectivity index (χ1v) is 14.8. The van der Waals surface area contributed by atoms with Gasteiger partial charge >= 0.3 is 0 Å². The Bertz CT molecular complexity index is 1390. The van der Waals surface area contributed by atoms with E-state index in [4.69, 9.17) is 12.2 Å². The van der Waals surface area contributed by atoms with Crippen LogP contribution in [-0.2, 0) is 9.59 Å². The van der Waals surface area contributed by atoms with Crippen molar-refractivity contribution in [3.05, 3.63) is 121 Å². The lowest BCUT2D eigenvalue weighted by Gasteiger charge is -2.35. The highest BCUT2D eigenvalue weighted by Crippen LogP contribution is 2.50. The van der Waals surface area contributed by atoms with Crippen LogP contribution in [0.3, 0.4) is 0 Å². The van der Waals surface area contributed by atoms with Gasteiger partial charge in [-0.1, -0.05) is 127 Å². The normalized spacial score (nSPS) is 16.2. The number of thiocarbonyl (C=S) groups is 1. The summed E-state index contributed by atoms with van der Waals surface area (Å²) in [7, 11) is 0. The van der Waals surface area contributed by atoms with Gasteiger partial charge in [0.05, 0.1) is 0 Å². The fraction of sp³-hybridized carbons (Fsp3) is 0.0667. The van der Waals surface area contributed by atoms with Crippen LogP contribution in [0.5, 0.6) is 5.75 Å². The van der Waals surface area contributed by atoms with Crippen LogP contribution in [0.2, 0.25) is 0 Å². The average molecular weight is 542 g/mol. The summed E-state index contributed by atoms with van der Waals surface area (Å²) in [6.07, 6.45) is 0.952. The monoisotopic (exact) mass is 541 g/mol. The summed E-state index contributed by atoms with van der Waals surface area (Å²) < 4.78 is 0.395. The molecule has 0 bridgehead atoms. The lowest BCUT2D eigenvalue weighted by molar-refractivity contribution is -0.118. The van der Waals surface area contributed by atoms with Gasteiger partial charge in [0.15, 0.2) is 0 Å². The highest BCUT2D eigenvalue weighted by molar-refractivity contribution is 8.24. The Labute approximate surface area is 225 Å². The Balaban J connectivity index is 1.98. The van der Waals surface area contributed by atoms with Crippen LogP contribution < -0.4 is 21.2 Å². The Hall–Kier alpha value is -3.44. The minimum Gasteiger partial charge on any atom is -0.508 e. The summed E-state index contributed by atoms with van der Waals surface area (Å²) in [5.74, 6) is -0.693. The number of phenolic OH excluding ortho intramolecular Hbond substituents is 1. The van der Waals surface area contributed by atoms with Crippen LogP contribution in [0.4, 0.5) is 0 Å². The van der Waals surface area contributed by atoms with Crippen LogP contribution in [-0.4, -0.2) is 32.2 Å². The number of hydrogen-bond acceptors (Lipinski definition) is 5. The van der Waals surface area contributed by atoms with Crippen LogP contribution in [0, 0.1) is 0 Å². The van der Waals surface area contributed by atoms with E-state index in [9.17, 15) is 14.7 Å². The molecule has 184 valence electrons. The van der Waals surface area contributed by atoms with Gasteiger partial charge < -0.3 is 10.4 Å². The van der Waals surface area contributed by atoms with Crippen molar-refractivity contribution >= 4 is 68.6 Å². The minimum atomic E-state index is -2.75. The Morgan fingerprint density at radius 2 is 1.27 bits per heavy atom. The molecule has 1 aliphatic heterocycles. The molecule has 1 heterocycles. The van der Waals surface area contributed by atoms with E-state index < -0.39 is 18.1 Å². The second kappa shape index (κ2) is 10.9. The Morgan fingerprint density at radius 3 is 1.65 bits per heavy atom. The summed E-state index contributed by atoms with van der Waals surface area (Å²) in [6, 6.07) is 37.0. The van der Waals surface area contributed by atoms with Gasteiger partial charge in [-0.15, -0.1) is 0 Å². The van der Waals surface area contributed by atoms with E-state index >= 15 is 0 Å². The van der Waals surface area contributed by atoms with Gasteiger partial charge in [-0.2, -0.15) is 0 Å². The van der Waals surface area contributed by atoms with Crippen molar-refractivity contribution in [3.8, 4) is 5.75 Å². The van der Waals surface area contributed by atoms with E-state index in [2.05, 4.69) is 41.7 Å². The largest absolute Gasteiger partial charge is 0.508 e. The molecule has 5 rings (SSSR count). The molecule has 1 aliphatic rings. The average Bonchev–Trinajstić information content (AvgIpc) is 3.28. The van der Waals surface area contributed by atoms with Gasteiger partial charge in [-0.05, 0) is 40.5 Å². The summed E-state index contributed by atoms with van der Waals surface area (Å²) >= 11 is 6.63. The van der Waals surface area contributed by atoms with E-state index in [1.165, 1.54) is 11.8 Å². The number of carbonyl (C=O) groups excluding carboxylic acids is 2. The molecular formula is C30H24NO3PS2. The maximum Gasteiger partial charge on any atom is 0.239 e. The third kappa shape index (κ3) is 4.69. The smallest absolute Gasteiger partial charge is 0.239 e. The molecule has 0 saturated carbocycles. The second-order valence-electron chi connectivity index (χ2n) is 8.60. The summed E-state index contributed by atoms with van der Waals surface area (Å²) in [5.41, 5.74) is 0.768. The molecule has 2 unspecified atom stereocenters. The lowest BCUT2D eigenvalue weighted by Crippen LogP contribution is -2.38. The molecule has 2 N–H and O–H groups in total. The second-order valence-corrected chi connectivity index (χ2v) is 13.8. The van der Waals surface area contributed by atoms with Gasteiger partial charge in [0.25, 0.3) is 0 Å². The quantitative estimate of drug-likeness (QED) is 0.207. The molecule has 0 aromatic heterocycles. The highest BCUT2D eigenvalue weighted by atomic mass is 32.2. The van der Waals surface area contributed by atoms with E-state index in [-0.39, 0.29) is 11.7 Å². The van der Waals surface area contributed by atoms with Crippen molar-refractivity contribution in [2.45, 2.75) is 11.2 Å². The molecule has 2 atom stereocenters. The molecule has 4 aromatic carbocycles. The van der Waals surface area contributed by atoms with Gasteiger partial charge in [0, 0.05) is 11.2 Å². The molecule has 1 amide bonds. The molecule has 1 saturated heterocycles. The molecule has 0 aliphatic carbocycles. The molecule has 7 heteroatoms. The van der Waals surface area contributed by atoms with E-state index in [0.29, 0.717) is 9.61 Å². The summed E-state index contributed by atoms with van der Waals surface area (Å²) in [6.45, 7) is -2.75. The number of amides is 1. The van der Waals surface area contributed by atoms with Crippen LogP contribution >= 0.6 is 30.9 Å².